The summed E-state index contributed by atoms with van der Waals surface area (Å²) in [5.74, 6) is -0.312. The van der Waals surface area contributed by atoms with Gasteiger partial charge in [-0.05, 0) is 59.0 Å². The van der Waals surface area contributed by atoms with Gasteiger partial charge in [0.15, 0.2) is 0 Å². The lowest BCUT2D eigenvalue weighted by molar-refractivity contribution is -0.139. The second-order valence-electron chi connectivity index (χ2n) is 3.85. The van der Waals surface area contributed by atoms with Gasteiger partial charge in [-0.2, -0.15) is 0 Å². The fourth-order valence-electron chi connectivity index (χ4n) is 1.55. The maximum Gasteiger partial charge on any atom is 0.310 e. The molecule has 0 bridgehead atoms. The van der Waals surface area contributed by atoms with E-state index in [4.69, 9.17) is 0 Å². The summed E-state index contributed by atoms with van der Waals surface area (Å²) < 4.78 is 5.69. The molecule has 0 unspecified atom stereocenters. The van der Waals surface area contributed by atoms with Crippen molar-refractivity contribution in [3.8, 4) is 0 Å². The van der Waals surface area contributed by atoms with Gasteiger partial charge in [0, 0.05) is 14.0 Å². The van der Waals surface area contributed by atoms with Crippen LogP contribution in [0.3, 0.4) is 0 Å². The maximum absolute atomic E-state index is 12.2. The molecular weight excluding hydrogens is 375 g/mol. The van der Waals surface area contributed by atoms with E-state index in [-0.39, 0.29) is 18.2 Å². The van der Waals surface area contributed by atoms with Crippen molar-refractivity contribution in [2.45, 2.75) is 6.42 Å². The predicted molar refractivity (Wildman–Crippen MR) is 82.6 cm³/mol. The molecular formula is C14H11IO3S. The molecule has 1 heterocycles. The average molecular weight is 386 g/mol. The number of ether oxygens (including phenoxy) is 1. The van der Waals surface area contributed by atoms with Gasteiger partial charge in [0.05, 0.1) is 18.4 Å². The summed E-state index contributed by atoms with van der Waals surface area (Å²) in [5.41, 5.74) is 0.659. The Morgan fingerprint density at radius 1 is 1.16 bits per heavy atom. The first-order chi connectivity index (χ1) is 9.10. The fourth-order valence-corrected chi connectivity index (χ4v) is 2.87. The fraction of sp³-hybridized carbons (Fsp3) is 0.143. The van der Waals surface area contributed by atoms with Gasteiger partial charge >= 0.3 is 5.97 Å². The van der Waals surface area contributed by atoms with E-state index in [1.807, 2.05) is 24.3 Å². The average Bonchev–Trinajstić information content (AvgIpc) is 2.87. The van der Waals surface area contributed by atoms with Crippen LogP contribution in [0.1, 0.15) is 20.1 Å². The lowest BCUT2D eigenvalue weighted by Gasteiger charge is -1.98. The van der Waals surface area contributed by atoms with Crippen molar-refractivity contribution in [3.63, 3.8) is 0 Å². The monoisotopic (exact) mass is 386 g/mol. The van der Waals surface area contributed by atoms with Gasteiger partial charge in [0.25, 0.3) is 0 Å². The Hall–Kier alpha value is -1.21. The Bertz CT molecular complexity index is 601. The van der Waals surface area contributed by atoms with Crippen LogP contribution in [0.2, 0.25) is 0 Å². The van der Waals surface area contributed by atoms with Gasteiger partial charge in [-0.1, -0.05) is 0 Å². The zero-order chi connectivity index (χ0) is 13.8. The van der Waals surface area contributed by atoms with Gasteiger partial charge in [0.2, 0.25) is 5.78 Å². The molecule has 0 fully saturated rings. The van der Waals surface area contributed by atoms with Crippen LogP contribution in [0, 0.1) is 3.57 Å². The zero-order valence-electron chi connectivity index (χ0n) is 10.2. The first-order valence-corrected chi connectivity index (χ1v) is 7.45. The van der Waals surface area contributed by atoms with Crippen molar-refractivity contribution in [1.29, 1.82) is 0 Å². The summed E-state index contributed by atoms with van der Waals surface area (Å²) in [6.07, 6.45) is 0.209. The second-order valence-corrected chi connectivity index (χ2v) is 6.27. The van der Waals surface area contributed by atoms with E-state index in [0.717, 1.165) is 8.45 Å². The van der Waals surface area contributed by atoms with Crippen molar-refractivity contribution in [2.24, 2.45) is 0 Å². The summed E-state index contributed by atoms with van der Waals surface area (Å²) >= 11 is 3.53. The van der Waals surface area contributed by atoms with Crippen LogP contribution in [-0.4, -0.2) is 18.9 Å². The zero-order valence-corrected chi connectivity index (χ0v) is 13.2. The second kappa shape index (κ2) is 6.29. The minimum Gasteiger partial charge on any atom is -0.469 e. The molecule has 3 nitrogen and oxygen atoms in total. The number of carbonyl (C=O) groups excluding carboxylic acids is 2. The summed E-state index contributed by atoms with van der Waals surface area (Å²) in [5, 5.41) is 0. The Morgan fingerprint density at radius 3 is 2.47 bits per heavy atom. The molecule has 0 N–H and O–H groups in total. The minimum absolute atomic E-state index is 0.0162. The number of hydrogen-bond acceptors (Lipinski definition) is 4. The number of benzene rings is 1. The smallest absolute Gasteiger partial charge is 0.310 e. The van der Waals surface area contributed by atoms with Crippen molar-refractivity contribution < 1.29 is 14.3 Å². The Morgan fingerprint density at radius 2 is 1.84 bits per heavy atom. The molecule has 1 aromatic heterocycles. The molecule has 2 aromatic rings. The van der Waals surface area contributed by atoms with Gasteiger partial charge in [-0.15, -0.1) is 11.3 Å². The maximum atomic E-state index is 12.2. The van der Waals surface area contributed by atoms with Crippen LogP contribution in [0.5, 0.6) is 0 Å². The first kappa shape index (κ1) is 14.2. The molecule has 19 heavy (non-hydrogen) atoms. The van der Waals surface area contributed by atoms with E-state index >= 15 is 0 Å². The van der Waals surface area contributed by atoms with Crippen molar-refractivity contribution in [3.05, 3.63) is 55.3 Å². The molecule has 5 heteroatoms. The number of thiophene rings is 1. The molecule has 0 atom stereocenters. The topological polar surface area (TPSA) is 43.4 Å². The van der Waals surface area contributed by atoms with Gasteiger partial charge in [0.1, 0.15) is 0 Å². The van der Waals surface area contributed by atoms with Crippen molar-refractivity contribution >= 4 is 45.7 Å². The number of halogens is 1. The molecule has 2 rings (SSSR count). The van der Waals surface area contributed by atoms with Crippen LogP contribution in [0.15, 0.2) is 36.4 Å². The van der Waals surface area contributed by atoms with Crippen molar-refractivity contribution in [1.82, 2.24) is 0 Å². The summed E-state index contributed by atoms with van der Waals surface area (Å²) in [4.78, 5) is 24.9. The largest absolute Gasteiger partial charge is 0.469 e. The van der Waals surface area contributed by atoms with Crippen molar-refractivity contribution in [2.75, 3.05) is 7.11 Å². The Balaban J connectivity index is 2.16. The lowest BCUT2D eigenvalue weighted by atomic mass is 10.1. The van der Waals surface area contributed by atoms with E-state index in [1.54, 1.807) is 12.1 Å². The summed E-state index contributed by atoms with van der Waals surface area (Å²) in [7, 11) is 1.35. The van der Waals surface area contributed by atoms with E-state index in [2.05, 4.69) is 27.3 Å². The van der Waals surface area contributed by atoms with Crippen LogP contribution < -0.4 is 0 Å². The van der Waals surface area contributed by atoms with E-state index in [9.17, 15) is 9.59 Å². The molecule has 0 aliphatic carbocycles. The highest BCUT2D eigenvalue weighted by atomic mass is 127. The molecule has 0 saturated heterocycles. The first-order valence-electron chi connectivity index (χ1n) is 5.56. The van der Waals surface area contributed by atoms with Crippen LogP contribution >= 0.6 is 33.9 Å². The SMILES string of the molecule is COC(=O)Cc1ccc(C(=O)c2ccc(I)cc2)s1. The molecule has 0 amide bonds. The highest BCUT2D eigenvalue weighted by molar-refractivity contribution is 14.1. The molecule has 0 spiro atoms. The third kappa shape index (κ3) is 3.63. The molecule has 98 valence electrons. The molecule has 1 aromatic carbocycles. The van der Waals surface area contributed by atoms with E-state index < -0.39 is 0 Å². The molecule has 0 aliphatic rings. The molecule has 0 radical (unpaired) electrons. The summed E-state index contributed by atoms with van der Waals surface area (Å²) in [6, 6.07) is 11.0. The van der Waals surface area contributed by atoms with Crippen LogP contribution in [0.4, 0.5) is 0 Å². The lowest BCUT2D eigenvalue weighted by Crippen LogP contribution is -2.02. The Kier molecular flexibility index (Phi) is 4.71. The van der Waals surface area contributed by atoms with Crippen LogP contribution in [0.25, 0.3) is 0 Å². The standard InChI is InChI=1S/C14H11IO3S/c1-18-13(16)8-11-6-7-12(19-11)14(17)9-2-4-10(15)5-3-9/h2-7H,8H2,1H3. The highest BCUT2D eigenvalue weighted by Crippen LogP contribution is 2.21. The molecule has 0 aliphatic heterocycles. The van der Waals surface area contributed by atoms with Gasteiger partial charge < -0.3 is 4.74 Å². The molecule has 0 saturated carbocycles. The summed E-state index contributed by atoms with van der Waals surface area (Å²) in [6.45, 7) is 0. The van der Waals surface area contributed by atoms with Gasteiger partial charge in [-0.25, -0.2) is 0 Å². The number of methoxy groups -OCH3 is 1. The highest BCUT2D eigenvalue weighted by Gasteiger charge is 2.13. The number of ketones is 1. The van der Waals surface area contributed by atoms with E-state index in [0.29, 0.717) is 10.4 Å². The van der Waals surface area contributed by atoms with E-state index in [1.165, 1.54) is 18.4 Å². The normalized spacial score (nSPS) is 10.2. The van der Waals surface area contributed by atoms with Crippen LogP contribution in [-0.2, 0) is 16.0 Å². The van der Waals surface area contributed by atoms with Gasteiger partial charge in [-0.3, -0.25) is 9.59 Å². The quantitative estimate of drug-likeness (QED) is 0.460. The third-order valence-corrected chi connectivity index (χ3v) is 4.34. The third-order valence-electron chi connectivity index (χ3n) is 2.54. The number of esters is 1. The Labute approximate surface area is 128 Å². The predicted octanol–water partition coefficient (Wildman–Crippen LogP) is 3.30. The number of rotatable bonds is 4. The number of carbonyl (C=O) groups is 2. The minimum atomic E-state index is -0.296. The number of hydrogen-bond donors (Lipinski definition) is 0.